The van der Waals surface area contributed by atoms with Crippen molar-refractivity contribution in [1.82, 2.24) is 63.1 Å². The SMILES string of the molecule is CCCCCCCC[C@H](NC(=O)C(C)(C)NC(=O)C(C)(C)NC(=O)[C@H](Cc1c[nH]c2ccccc12)NC(=O)[C@@H]1CCCN1C(=O)CCC)C(=O)N[C@@H](CC(C)C)C(=O)NC(C)(C)C(=O)N[C@@H](CC(C)C)C(=O)NCCC(=O)N[C@@H](C)CNCCO. The van der Waals surface area contributed by atoms with Crippen LogP contribution in [0.3, 0.4) is 0 Å². The van der Waals surface area contributed by atoms with E-state index in [1.807, 2.05) is 65.8 Å². The number of fused-ring (bicyclic) bond motifs is 1. The van der Waals surface area contributed by atoms with E-state index in [1.54, 1.807) is 11.1 Å². The van der Waals surface area contributed by atoms with Gasteiger partial charge in [0.2, 0.25) is 59.1 Å². The molecule has 1 aliphatic heterocycles. The molecular formula is C62H104N12O11. The van der Waals surface area contributed by atoms with Gasteiger partial charge in [-0.1, -0.05) is 98.3 Å². The summed E-state index contributed by atoms with van der Waals surface area (Å²) in [5.41, 5.74) is -3.35. The highest BCUT2D eigenvalue weighted by Crippen LogP contribution is 2.23. The van der Waals surface area contributed by atoms with Crippen molar-refractivity contribution in [2.24, 2.45) is 11.8 Å². The molecule has 0 bridgehead atoms. The number of carbonyl (C=O) groups excluding carboxylic acids is 10. The lowest BCUT2D eigenvalue weighted by molar-refractivity contribution is -0.140. The summed E-state index contributed by atoms with van der Waals surface area (Å²) in [5.74, 6) is -5.69. The Morgan fingerprint density at radius 1 is 0.624 bits per heavy atom. The number of hydrogen-bond donors (Lipinski definition) is 12. The van der Waals surface area contributed by atoms with Crippen LogP contribution in [0.15, 0.2) is 30.5 Å². The zero-order valence-corrected chi connectivity index (χ0v) is 53.1. The first-order valence-electron chi connectivity index (χ1n) is 30.9. The van der Waals surface area contributed by atoms with Crippen LogP contribution in [-0.4, -0.2) is 160 Å². The molecule has 2 aromatic rings. The molecule has 3 rings (SSSR count). The Kier molecular flexibility index (Phi) is 30.0. The van der Waals surface area contributed by atoms with Gasteiger partial charge >= 0.3 is 0 Å². The first-order chi connectivity index (χ1) is 40.0. The monoisotopic (exact) mass is 1190 g/mol. The van der Waals surface area contributed by atoms with Crippen LogP contribution >= 0.6 is 0 Å². The van der Waals surface area contributed by atoms with E-state index in [9.17, 15) is 47.9 Å². The van der Waals surface area contributed by atoms with Gasteiger partial charge in [-0.2, -0.15) is 0 Å². The molecule has 1 fully saturated rings. The number of amides is 10. The first kappa shape index (κ1) is 72.6. The maximum Gasteiger partial charge on any atom is 0.246 e. The summed E-state index contributed by atoms with van der Waals surface area (Å²) in [4.78, 5) is 143. The Hall–Kier alpha value is -6.62. The van der Waals surface area contributed by atoms with E-state index < -0.39 is 94.1 Å². The molecule has 1 saturated heterocycles. The van der Waals surface area contributed by atoms with Crippen LogP contribution in [0.2, 0.25) is 0 Å². The number of unbranched alkanes of at least 4 members (excludes halogenated alkanes) is 5. The predicted molar refractivity (Wildman–Crippen MR) is 328 cm³/mol. The van der Waals surface area contributed by atoms with E-state index in [4.69, 9.17) is 5.11 Å². The van der Waals surface area contributed by atoms with Crippen LogP contribution in [0.25, 0.3) is 10.9 Å². The third kappa shape index (κ3) is 24.3. The van der Waals surface area contributed by atoms with Crippen LogP contribution in [0.1, 0.15) is 185 Å². The van der Waals surface area contributed by atoms with Crippen molar-refractivity contribution in [3.05, 3.63) is 36.0 Å². The summed E-state index contributed by atoms with van der Waals surface area (Å²) in [6.07, 6.45) is 9.68. The lowest BCUT2D eigenvalue weighted by Crippen LogP contribution is -2.66. The second kappa shape index (κ2) is 35.1. The minimum Gasteiger partial charge on any atom is -0.395 e. The number of para-hydroxylation sites is 1. The van der Waals surface area contributed by atoms with Crippen molar-refractivity contribution in [3.8, 4) is 0 Å². The Morgan fingerprint density at radius 2 is 1.20 bits per heavy atom. The number of H-pyrrole nitrogens is 1. The van der Waals surface area contributed by atoms with Crippen molar-refractivity contribution >= 4 is 70.0 Å². The summed E-state index contributed by atoms with van der Waals surface area (Å²) < 4.78 is 0. The van der Waals surface area contributed by atoms with Crippen LogP contribution < -0.4 is 53.2 Å². The van der Waals surface area contributed by atoms with E-state index in [2.05, 4.69) is 65.1 Å². The molecule has 6 atom stereocenters. The summed E-state index contributed by atoms with van der Waals surface area (Å²) >= 11 is 0. The van der Waals surface area contributed by atoms with Crippen LogP contribution in [0, 0.1) is 11.8 Å². The first-order valence-corrected chi connectivity index (χ1v) is 30.9. The van der Waals surface area contributed by atoms with Gasteiger partial charge in [-0.25, -0.2) is 0 Å². The molecule has 0 radical (unpaired) electrons. The smallest absolute Gasteiger partial charge is 0.246 e. The zero-order valence-electron chi connectivity index (χ0n) is 53.1. The molecule has 10 amide bonds. The number of benzene rings is 1. The fraction of sp³-hybridized carbons (Fsp3) is 0.710. The van der Waals surface area contributed by atoms with Gasteiger partial charge < -0.3 is 68.2 Å². The number of aliphatic hydroxyl groups excluding tert-OH is 1. The molecule has 85 heavy (non-hydrogen) atoms. The van der Waals surface area contributed by atoms with Gasteiger partial charge in [0.1, 0.15) is 46.8 Å². The fourth-order valence-corrected chi connectivity index (χ4v) is 10.1. The predicted octanol–water partition coefficient (Wildman–Crippen LogP) is 3.56. The molecule has 1 aromatic heterocycles. The summed E-state index contributed by atoms with van der Waals surface area (Å²) in [5, 5.41) is 38.1. The number of aromatic amines is 1. The van der Waals surface area contributed by atoms with Crippen molar-refractivity contribution in [1.29, 1.82) is 0 Å². The Morgan fingerprint density at radius 3 is 1.82 bits per heavy atom. The quantitative estimate of drug-likeness (QED) is 0.0430. The number of carbonyl (C=O) groups is 10. The van der Waals surface area contributed by atoms with Crippen molar-refractivity contribution < 1.29 is 53.1 Å². The zero-order chi connectivity index (χ0) is 63.7. The second-order valence-corrected chi connectivity index (χ2v) is 25.3. The largest absolute Gasteiger partial charge is 0.395 e. The maximum atomic E-state index is 14.5. The van der Waals surface area contributed by atoms with Crippen LogP contribution in [0.4, 0.5) is 0 Å². The second-order valence-electron chi connectivity index (χ2n) is 25.3. The Labute approximate surface area is 504 Å². The number of aromatic nitrogens is 1. The normalized spacial score (nSPS) is 15.5. The van der Waals surface area contributed by atoms with Crippen LogP contribution in [0.5, 0.6) is 0 Å². The third-order valence-electron chi connectivity index (χ3n) is 15.0. The minimum atomic E-state index is -1.67. The molecule has 0 spiro atoms. The number of nitrogens with one attached hydrogen (secondary N) is 11. The molecule has 1 aliphatic rings. The van der Waals surface area contributed by atoms with Crippen molar-refractivity contribution in [2.75, 3.05) is 32.8 Å². The molecule has 0 aliphatic carbocycles. The van der Waals surface area contributed by atoms with Gasteiger partial charge in [0, 0.05) is 68.6 Å². The number of aliphatic hydroxyl groups is 1. The summed E-state index contributed by atoms with van der Waals surface area (Å²) in [6, 6.07) is 2.04. The van der Waals surface area contributed by atoms with Gasteiger partial charge in [0.25, 0.3) is 0 Å². The standard InChI is InChI=1S/C62H104N12O11/c1-14-16-17-18-19-20-27-45(53(79)67-47(35-40(5)6)54(80)71-60(8,9)57(83)70-46(34-39(3)4)52(78)64-30-29-50(76)66-41(7)37-63-31-33-75)69-58(84)61(10,11)73-59(85)62(12,13)72-55(81)48(36-42-38-65-44-26-22-21-25-43(42)44)68-56(82)49-28-23-32-74(49)51(77)24-15-2/h21-22,25-26,38-41,45-49,63,65,75H,14-20,23-24,27-37H2,1-13H3,(H,64,78)(H,66,76)(H,67,79)(H,68,82)(H,69,84)(H,70,83)(H,71,80)(H,72,81)(H,73,85)/t41-,45-,46-,47-,48-,49-/m0/s1. The van der Waals surface area contributed by atoms with Crippen molar-refractivity contribution in [3.63, 3.8) is 0 Å². The Balaban J connectivity index is 1.78. The van der Waals surface area contributed by atoms with E-state index in [0.29, 0.717) is 51.7 Å². The Bertz CT molecular complexity index is 2540. The molecule has 2 heterocycles. The molecule has 12 N–H and O–H groups in total. The molecule has 1 aromatic carbocycles. The summed E-state index contributed by atoms with van der Waals surface area (Å²) in [6.45, 7) is 23.4. The number of likely N-dealkylation sites (tertiary alicyclic amines) is 1. The van der Waals surface area contributed by atoms with Crippen molar-refractivity contribution in [2.45, 2.75) is 239 Å². The number of rotatable bonds is 38. The fourth-order valence-electron chi connectivity index (χ4n) is 10.1. The molecular weight excluding hydrogens is 1090 g/mol. The van der Waals surface area contributed by atoms with Gasteiger partial charge in [0.05, 0.1) is 6.61 Å². The van der Waals surface area contributed by atoms with E-state index in [1.165, 1.54) is 41.5 Å². The highest BCUT2D eigenvalue weighted by Gasteiger charge is 2.42. The maximum absolute atomic E-state index is 14.5. The lowest BCUT2D eigenvalue weighted by Gasteiger charge is -2.34. The lowest BCUT2D eigenvalue weighted by atomic mass is 9.96. The van der Waals surface area contributed by atoms with E-state index >= 15 is 0 Å². The van der Waals surface area contributed by atoms with E-state index in [-0.39, 0.29) is 74.9 Å². The average molecular weight is 1190 g/mol. The van der Waals surface area contributed by atoms with Crippen LogP contribution in [-0.2, 0) is 54.4 Å². The van der Waals surface area contributed by atoms with Gasteiger partial charge in [-0.15, -0.1) is 0 Å². The van der Waals surface area contributed by atoms with Gasteiger partial charge in [-0.3, -0.25) is 47.9 Å². The number of hydrogen-bond acceptors (Lipinski definition) is 12. The molecule has 23 heteroatoms. The van der Waals surface area contributed by atoms with Gasteiger partial charge in [-0.05, 0) is 110 Å². The highest BCUT2D eigenvalue weighted by molar-refractivity contribution is 6.00. The molecule has 0 unspecified atom stereocenters. The van der Waals surface area contributed by atoms with E-state index in [0.717, 1.165) is 48.6 Å². The highest BCUT2D eigenvalue weighted by atomic mass is 16.3. The summed E-state index contributed by atoms with van der Waals surface area (Å²) in [7, 11) is 0. The minimum absolute atomic E-state index is 0.00907. The molecule has 0 saturated carbocycles. The number of nitrogens with zero attached hydrogens (tertiary/aromatic N) is 1. The third-order valence-corrected chi connectivity index (χ3v) is 15.0. The van der Waals surface area contributed by atoms with Gasteiger partial charge in [0.15, 0.2) is 0 Å². The topological polar surface area (TPSA) is 330 Å². The average Bonchev–Trinajstić information content (AvgIpc) is 3.56. The molecule has 23 nitrogen and oxygen atoms in total. The molecule has 478 valence electrons.